The minimum atomic E-state index is 0.804. The van der Waals surface area contributed by atoms with Gasteiger partial charge in [-0.25, -0.2) is 0 Å². The van der Waals surface area contributed by atoms with Gasteiger partial charge in [0.15, 0.2) is 0 Å². The Hall–Kier alpha value is -1.18. The average molecular weight is 149 g/mol. The maximum Gasteiger partial charge on any atom is 0.144 e. The van der Waals surface area contributed by atoms with E-state index in [9.17, 15) is 0 Å². The first-order valence-corrected chi connectivity index (χ1v) is 3.94. The van der Waals surface area contributed by atoms with Gasteiger partial charge in [-0.05, 0) is 18.6 Å². The van der Waals surface area contributed by atoms with Crippen molar-refractivity contribution in [3.63, 3.8) is 0 Å². The number of ether oxygens (including phenoxy) is 1. The predicted octanol–water partition coefficient (Wildman–Crippen LogP) is 2.39. The van der Waals surface area contributed by atoms with Gasteiger partial charge in [-0.1, -0.05) is 6.92 Å². The van der Waals surface area contributed by atoms with Gasteiger partial charge >= 0.3 is 0 Å². The molecule has 0 amide bonds. The molecule has 0 spiro atoms. The van der Waals surface area contributed by atoms with Gasteiger partial charge in [0.25, 0.3) is 0 Å². The van der Waals surface area contributed by atoms with Crippen LogP contribution in [-0.2, 0) is 0 Å². The van der Waals surface area contributed by atoms with Crippen LogP contribution in [0.5, 0.6) is 5.75 Å². The second-order valence-electron chi connectivity index (χ2n) is 2.68. The maximum atomic E-state index is 5.48. The van der Waals surface area contributed by atoms with Crippen LogP contribution in [0.25, 0.3) is 11.0 Å². The Morgan fingerprint density at radius 2 is 2.36 bits per heavy atom. The molecule has 1 N–H and O–H groups in total. The molecule has 2 heteroatoms. The van der Waals surface area contributed by atoms with Crippen molar-refractivity contribution < 1.29 is 4.74 Å². The summed E-state index contributed by atoms with van der Waals surface area (Å²) in [5.74, 6) is 0.990. The number of aromatic amines is 1. The van der Waals surface area contributed by atoms with E-state index in [4.69, 9.17) is 4.74 Å². The number of H-pyrrole nitrogens is 1. The maximum absolute atomic E-state index is 5.48. The van der Waals surface area contributed by atoms with E-state index in [0.717, 1.165) is 29.8 Å². The van der Waals surface area contributed by atoms with Gasteiger partial charge in [-0.2, -0.15) is 0 Å². The SMILES string of the molecule is CCCOc1cc2ccc1[nH]2. The number of rotatable bonds is 3. The highest BCUT2D eigenvalue weighted by Gasteiger charge is 2.03. The first kappa shape index (κ1) is 6.53. The summed E-state index contributed by atoms with van der Waals surface area (Å²) in [5, 5.41) is 0. The fourth-order valence-corrected chi connectivity index (χ4v) is 1.19. The van der Waals surface area contributed by atoms with E-state index in [1.54, 1.807) is 0 Å². The zero-order valence-electron chi connectivity index (χ0n) is 6.55. The van der Waals surface area contributed by atoms with E-state index in [-0.39, 0.29) is 0 Å². The molecule has 0 fully saturated rings. The first-order valence-electron chi connectivity index (χ1n) is 3.94. The number of hydrogen-bond acceptors (Lipinski definition) is 1. The molecule has 2 aromatic rings. The number of hydrogen-bond donors (Lipinski definition) is 1. The molecule has 2 aromatic heterocycles. The molecule has 2 nitrogen and oxygen atoms in total. The molecular formula is C9H11NO. The minimum Gasteiger partial charge on any atom is -0.491 e. The minimum absolute atomic E-state index is 0.804. The molecule has 2 bridgehead atoms. The van der Waals surface area contributed by atoms with E-state index in [1.165, 1.54) is 0 Å². The van der Waals surface area contributed by atoms with Gasteiger partial charge in [-0.15, -0.1) is 0 Å². The van der Waals surface area contributed by atoms with Gasteiger partial charge < -0.3 is 9.72 Å². The van der Waals surface area contributed by atoms with Gasteiger partial charge in [0.2, 0.25) is 0 Å². The fraction of sp³-hybridized carbons (Fsp3) is 0.333. The summed E-state index contributed by atoms with van der Waals surface area (Å²) >= 11 is 0. The molecule has 2 heterocycles. The van der Waals surface area contributed by atoms with Gasteiger partial charge in [0.1, 0.15) is 5.75 Å². The number of aromatic nitrogens is 1. The van der Waals surface area contributed by atoms with Crippen molar-refractivity contribution >= 4 is 11.0 Å². The molecule has 0 saturated carbocycles. The van der Waals surface area contributed by atoms with Crippen LogP contribution in [0.1, 0.15) is 13.3 Å². The quantitative estimate of drug-likeness (QED) is 0.712. The zero-order valence-corrected chi connectivity index (χ0v) is 6.55. The highest BCUT2D eigenvalue weighted by atomic mass is 16.5. The van der Waals surface area contributed by atoms with Crippen molar-refractivity contribution in [2.24, 2.45) is 0 Å². The summed E-state index contributed by atoms with van der Waals surface area (Å²) in [4.78, 5) is 3.19. The van der Waals surface area contributed by atoms with Crippen LogP contribution in [0.4, 0.5) is 0 Å². The summed E-state index contributed by atoms with van der Waals surface area (Å²) in [6.07, 6.45) is 1.06. The molecule has 0 aromatic carbocycles. The van der Waals surface area contributed by atoms with Crippen molar-refractivity contribution in [1.29, 1.82) is 0 Å². The molecule has 0 unspecified atom stereocenters. The average Bonchev–Trinajstić information content (AvgIpc) is 2.60. The third-order valence-corrected chi connectivity index (χ3v) is 1.72. The Kier molecular flexibility index (Phi) is 1.46. The molecule has 2 rings (SSSR count). The largest absolute Gasteiger partial charge is 0.491 e. The zero-order chi connectivity index (χ0) is 7.68. The Balaban J connectivity index is 2.18. The van der Waals surface area contributed by atoms with Crippen LogP contribution in [-0.4, -0.2) is 11.6 Å². The van der Waals surface area contributed by atoms with E-state index in [2.05, 4.69) is 11.9 Å². The standard InChI is InChI=1S/C9H11NO/c1-2-5-11-9-6-7-3-4-8(9)10-7/h3-4,6,10H,2,5H2,1H3. The molecule has 0 aliphatic heterocycles. The highest BCUT2D eigenvalue weighted by molar-refractivity contribution is 5.74. The van der Waals surface area contributed by atoms with Crippen LogP contribution in [0.15, 0.2) is 18.2 Å². The molecule has 0 atom stereocenters. The first-order chi connectivity index (χ1) is 5.40. The molecule has 11 heavy (non-hydrogen) atoms. The van der Waals surface area contributed by atoms with Gasteiger partial charge in [-0.3, -0.25) is 0 Å². The van der Waals surface area contributed by atoms with Crippen LogP contribution in [0.2, 0.25) is 0 Å². The smallest absolute Gasteiger partial charge is 0.144 e. The van der Waals surface area contributed by atoms with E-state index in [0.29, 0.717) is 0 Å². The summed E-state index contributed by atoms with van der Waals surface area (Å²) in [7, 11) is 0. The number of benzene rings is 1. The van der Waals surface area contributed by atoms with Crippen LogP contribution >= 0.6 is 0 Å². The van der Waals surface area contributed by atoms with Gasteiger partial charge in [0, 0.05) is 11.6 Å². The summed E-state index contributed by atoms with van der Waals surface area (Å²) < 4.78 is 5.48. The predicted molar refractivity (Wildman–Crippen MR) is 45.3 cm³/mol. The fourth-order valence-electron chi connectivity index (χ4n) is 1.19. The molecule has 0 saturated heterocycles. The van der Waals surface area contributed by atoms with Crippen molar-refractivity contribution in [1.82, 2.24) is 4.98 Å². The second-order valence-corrected chi connectivity index (χ2v) is 2.68. The van der Waals surface area contributed by atoms with E-state index in [1.807, 2.05) is 18.2 Å². The monoisotopic (exact) mass is 149 g/mol. The molecule has 0 aliphatic rings. The Morgan fingerprint density at radius 3 is 2.91 bits per heavy atom. The van der Waals surface area contributed by atoms with Gasteiger partial charge in [0.05, 0.1) is 12.1 Å². The second kappa shape index (κ2) is 2.46. The Bertz CT molecular complexity index is 326. The molecule has 58 valence electrons. The lowest BCUT2D eigenvalue weighted by atomic mass is 10.3. The number of fused-ring (bicyclic) bond motifs is 2. The normalized spacial score (nSPS) is 11.0. The summed E-state index contributed by atoms with van der Waals surface area (Å²) in [5.41, 5.74) is 2.25. The van der Waals surface area contributed by atoms with Crippen molar-refractivity contribution in [2.45, 2.75) is 13.3 Å². The number of nitrogens with one attached hydrogen (secondary N) is 1. The lowest BCUT2D eigenvalue weighted by molar-refractivity contribution is 0.321. The van der Waals surface area contributed by atoms with Crippen molar-refractivity contribution in [3.05, 3.63) is 18.2 Å². The van der Waals surface area contributed by atoms with Crippen LogP contribution in [0.3, 0.4) is 0 Å². The van der Waals surface area contributed by atoms with Crippen molar-refractivity contribution in [2.75, 3.05) is 6.61 Å². The lowest BCUT2D eigenvalue weighted by Gasteiger charge is -2.00. The summed E-state index contributed by atoms with van der Waals surface area (Å²) in [6, 6.07) is 6.12. The topological polar surface area (TPSA) is 25.0 Å². The van der Waals surface area contributed by atoms with Crippen LogP contribution < -0.4 is 4.74 Å². The van der Waals surface area contributed by atoms with Crippen LogP contribution in [0, 0.1) is 0 Å². The van der Waals surface area contributed by atoms with E-state index < -0.39 is 0 Å². The summed E-state index contributed by atoms with van der Waals surface area (Å²) in [6.45, 7) is 2.91. The molecular weight excluding hydrogens is 138 g/mol. The Labute approximate surface area is 65.5 Å². The molecule has 0 radical (unpaired) electrons. The molecule has 0 aliphatic carbocycles. The third kappa shape index (κ3) is 1.04. The van der Waals surface area contributed by atoms with Crippen molar-refractivity contribution in [3.8, 4) is 5.75 Å². The van der Waals surface area contributed by atoms with E-state index >= 15 is 0 Å². The third-order valence-electron chi connectivity index (χ3n) is 1.72. The lowest BCUT2D eigenvalue weighted by Crippen LogP contribution is -1.93. The Morgan fingerprint density at radius 1 is 1.45 bits per heavy atom. The highest BCUT2D eigenvalue weighted by Crippen LogP contribution is 2.24.